The lowest BCUT2D eigenvalue weighted by Gasteiger charge is -2.18. The molecule has 3 heterocycles. The quantitative estimate of drug-likeness (QED) is 0.295. The van der Waals surface area contributed by atoms with Crippen LogP contribution < -0.4 is 10.9 Å². The second-order valence-electron chi connectivity index (χ2n) is 7.54. The zero-order chi connectivity index (χ0) is 22.8. The molecule has 0 aliphatic heterocycles. The van der Waals surface area contributed by atoms with Crippen molar-refractivity contribution >= 4 is 28.5 Å². The smallest absolute Gasteiger partial charge is 0.263 e. The third kappa shape index (κ3) is 4.23. The first-order valence-electron chi connectivity index (χ1n) is 10.3. The maximum atomic E-state index is 12.8. The van der Waals surface area contributed by atoms with Gasteiger partial charge in [0.15, 0.2) is 0 Å². The van der Waals surface area contributed by atoms with Crippen molar-refractivity contribution in [2.24, 2.45) is 0 Å². The van der Waals surface area contributed by atoms with E-state index in [9.17, 15) is 9.90 Å². The highest BCUT2D eigenvalue weighted by atomic mass is 35.5. The Balaban J connectivity index is 1.52. The molecule has 5 aromatic rings. The number of H-pyrrole nitrogens is 2. The van der Waals surface area contributed by atoms with Gasteiger partial charge in [0.25, 0.3) is 5.56 Å². The highest BCUT2D eigenvalue weighted by Gasteiger charge is 2.19. The van der Waals surface area contributed by atoms with E-state index in [1.807, 2.05) is 36.4 Å². The molecule has 0 saturated heterocycles. The summed E-state index contributed by atoms with van der Waals surface area (Å²) in [5.74, 6) is 0.672. The molecule has 9 nitrogen and oxygen atoms in total. The van der Waals surface area contributed by atoms with Crippen LogP contribution in [0.5, 0.6) is 0 Å². The second kappa shape index (κ2) is 8.89. The third-order valence-corrected chi connectivity index (χ3v) is 5.61. The van der Waals surface area contributed by atoms with Crippen molar-refractivity contribution in [3.8, 4) is 17.1 Å². The van der Waals surface area contributed by atoms with Gasteiger partial charge < -0.3 is 25.0 Å². The molecule has 1 atom stereocenters. The average molecular weight is 462 g/mol. The van der Waals surface area contributed by atoms with Crippen molar-refractivity contribution in [2.45, 2.75) is 12.5 Å². The van der Waals surface area contributed by atoms with E-state index in [0.29, 0.717) is 34.1 Å². The van der Waals surface area contributed by atoms with Gasteiger partial charge in [-0.1, -0.05) is 41.9 Å². The molecule has 3 aromatic heterocycles. The molecule has 0 saturated carbocycles. The number of aromatic amines is 2. The third-order valence-electron chi connectivity index (χ3n) is 5.31. The van der Waals surface area contributed by atoms with Gasteiger partial charge in [0.05, 0.1) is 47.0 Å². The SMILES string of the molecule is O=c1[nH]cnc(N[C@@H](CO)Cc2ccccc2)c1-c1nc2cc(-n3ccnc3)c(Cl)cc2[nH]1. The number of aliphatic hydroxyl groups excluding tert-OH is 1. The number of hydrogen-bond donors (Lipinski definition) is 4. The van der Waals surface area contributed by atoms with Crippen LogP contribution in [-0.2, 0) is 6.42 Å². The molecule has 0 amide bonds. The summed E-state index contributed by atoms with van der Waals surface area (Å²) >= 11 is 6.46. The number of nitrogens with one attached hydrogen (secondary N) is 3. The molecule has 166 valence electrons. The van der Waals surface area contributed by atoms with Gasteiger partial charge >= 0.3 is 0 Å². The van der Waals surface area contributed by atoms with Gasteiger partial charge in [0.2, 0.25) is 0 Å². The zero-order valence-electron chi connectivity index (χ0n) is 17.4. The van der Waals surface area contributed by atoms with Crippen molar-refractivity contribution in [2.75, 3.05) is 11.9 Å². The largest absolute Gasteiger partial charge is 0.394 e. The van der Waals surface area contributed by atoms with Gasteiger partial charge in [-0.2, -0.15) is 0 Å². The predicted molar refractivity (Wildman–Crippen MR) is 127 cm³/mol. The van der Waals surface area contributed by atoms with Crippen LogP contribution in [0.1, 0.15) is 5.56 Å². The summed E-state index contributed by atoms with van der Waals surface area (Å²) in [6.07, 6.45) is 6.99. The van der Waals surface area contributed by atoms with Crippen molar-refractivity contribution in [1.29, 1.82) is 0 Å². The summed E-state index contributed by atoms with van der Waals surface area (Å²) in [6, 6.07) is 13.0. The van der Waals surface area contributed by atoms with Crippen LogP contribution in [0.2, 0.25) is 5.02 Å². The highest BCUT2D eigenvalue weighted by Crippen LogP contribution is 2.29. The van der Waals surface area contributed by atoms with Crippen LogP contribution in [0.15, 0.2) is 72.3 Å². The molecule has 0 bridgehead atoms. The lowest BCUT2D eigenvalue weighted by molar-refractivity contribution is 0.273. The number of nitrogens with zero attached hydrogens (tertiary/aromatic N) is 4. The lowest BCUT2D eigenvalue weighted by Crippen LogP contribution is -2.28. The van der Waals surface area contributed by atoms with Crippen LogP contribution in [-0.4, -0.2) is 47.2 Å². The molecule has 10 heteroatoms. The molecule has 0 radical (unpaired) electrons. The van der Waals surface area contributed by atoms with E-state index in [-0.39, 0.29) is 23.8 Å². The van der Waals surface area contributed by atoms with E-state index < -0.39 is 0 Å². The fourth-order valence-electron chi connectivity index (χ4n) is 3.72. The van der Waals surface area contributed by atoms with E-state index in [4.69, 9.17) is 11.6 Å². The van der Waals surface area contributed by atoms with E-state index in [1.54, 1.807) is 29.4 Å². The summed E-state index contributed by atoms with van der Waals surface area (Å²) in [5, 5.41) is 13.6. The van der Waals surface area contributed by atoms with Crippen molar-refractivity contribution in [3.63, 3.8) is 0 Å². The molecule has 0 spiro atoms. The van der Waals surface area contributed by atoms with E-state index in [1.165, 1.54) is 6.33 Å². The van der Waals surface area contributed by atoms with Crippen LogP contribution in [0, 0.1) is 0 Å². The van der Waals surface area contributed by atoms with Crippen LogP contribution in [0.3, 0.4) is 0 Å². The van der Waals surface area contributed by atoms with Crippen LogP contribution >= 0.6 is 11.6 Å². The Kier molecular flexibility index (Phi) is 5.64. The molecule has 0 unspecified atom stereocenters. The minimum atomic E-state index is -0.358. The number of aromatic nitrogens is 6. The predicted octanol–water partition coefficient (Wildman–Crippen LogP) is 3.17. The molecule has 33 heavy (non-hydrogen) atoms. The molecule has 2 aromatic carbocycles. The monoisotopic (exact) mass is 461 g/mol. The van der Waals surface area contributed by atoms with Gasteiger partial charge in [0.1, 0.15) is 17.2 Å². The van der Waals surface area contributed by atoms with E-state index >= 15 is 0 Å². The first-order chi connectivity index (χ1) is 16.1. The Morgan fingerprint density at radius 1 is 1.21 bits per heavy atom. The number of rotatable bonds is 7. The summed E-state index contributed by atoms with van der Waals surface area (Å²) in [6.45, 7) is -0.132. The van der Waals surface area contributed by atoms with Gasteiger partial charge in [-0.05, 0) is 24.1 Å². The Labute approximate surface area is 193 Å². The molecule has 4 N–H and O–H groups in total. The number of benzene rings is 2. The summed E-state index contributed by atoms with van der Waals surface area (Å²) < 4.78 is 1.79. The minimum absolute atomic E-state index is 0.132. The number of fused-ring (bicyclic) bond motifs is 1. The Morgan fingerprint density at radius 3 is 2.82 bits per heavy atom. The van der Waals surface area contributed by atoms with E-state index in [0.717, 1.165) is 11.3 Å². The van der Waals surface area contributed by atoms with Gasteiger partial charge in [0, 0.05) is 12.4 Å². The maximum Gasteiger partial charge on any atom is 0.263 e. The molecular weight excluding hydrogens is 442 g/mol. The fraction of sp³-hybridized carbons (Fsp3) is 0.130. The first-order valence-corrected chi connectivity index (χ1v) is 10.7. The van der Waals surface area contributed by atoms with Crippen molar-refractivity contribution < 1.29 is 5.11 Å². The molecule has 0 aliphatic carbocycles. The van der Waals surface area contributed by atoms with Gasteiger partial charge in [-0.25, -0.2) is 15.0 Å². The summed E-state index contributed by atoms with van der Waals surface area (Å²) in [4.78, 5) is 31.5. The highest BCUT2D eigenvalue weighted by molar-refractivity contribution is 6.33. The van der Waals surface area contributed by atoms with Crippen molar-refractivity contribution in [3.05, 3.63) is 88.5 Å². The number of anilines is 1. The topological polar surface area (TPSA) is 125 Å². The Hall–Kier alpha value is -3.95. The van der Waals surface area contributed by atoms with Crippen LogP contribution in [0.25, 0.3) is 28.1 Å². The molecule has 0 aliphatic rings. The molecular formula is C23H20ClN7O2. The molecule has 5 rings (SSSR count). The molecule has 0 fully saturated rings. The summed E-state index contributed by atoms with van der Waals surface area (Å²) in [7, 11) is 0. The number of aliphatic hydroxyl groups is 1. The average Bonchev–Trinajstić information content (AvgIpc) is 3.48. The first kappa shape index (κ1) is 20.9. The second-order valence-corrected chi connectivity index (χ2v) is 7.95. The standard InChI is InChI=1S/C23H20ClN7O2/c24-16-9-17-18(10-19(16)31-7-6-25-13-31)30-22(29-17)20-21(26-12-27-23(20)33)28-15(11-32)8-14-4-2-1-3-5-14/h1-7,9-10,12-13,15,32H,8,11H2,(H,29,30)(H2,26,27,28,33)/t15-/m1/s1. The maximum absolute atomic E-state index is 12.8. The number of hydrogen-bond acceptors (Lipinski definition) is 6. The Morgan fingerprint density at radius 2 is 2.06 bits per heavy atom. The zero-order valence-corrected chi connectivity index (χ0v) is 18.1. The number of halogens is 1. The lowest BCUT2D eigenvalue weighted by atomic mass is 10.1. The Bertz CT molecular complexity index is 1450. The minimum Gasteiger partial charge on any atom is -0.394 e. The van der Waals surface area contributed by atoms with Gasteiger partial charge in [-0.15, -0.1) is 0 Å². The normalized spacial score (nSPS) is 12.2. The van der Waals surface area contributed by atoms with Crippen LogP contribution in [0.4, 0.5) is 5.82 Å². The number of imidazole rings is 2. The van der Waals surface area contributed by atoms with Gasteiger partial charge in [-0.3, -0.25) is 4.79 Å². The van der Waals surface area contributed by atoms with Crippen molar-refractivity contribution in [1.82, 2.24) is 29.5 Å². The summed E-state index contributed by atoms with van der Waals surface area (Å²) in [5.41, 5.74) is 2.98. The fourth-order valence-corrected chi connectivity index (χ4v) is 3.98. The van der Waals surface area contributed by atoms with E-state index in [2.05, 4.69) is 30.2 Å².